The van der Waals surface area contributed by atoms with Gasteiger partial charge in [-0.2, -0.15) is 0 Å². The smallest absolute Gasteiger partial charge is 0.128 e. The summed E-state index contributed by atoms with van der Waals surface area (Å²) in [5, 5.41) is 0. The fourth-order valence-corrected chi connectivity index (χ4v) is 2.67. The van der Waals surface area contributed by atoms with Gasteiger partial charge < -0.3 is 0 Å². The molecule has 0 spiro atoms. The maximum absolute atomic E-state index is 13.9. The highest BCUT2D eigenvalue weighted by molar-refractivity contribution is 9.10. The van der Waals surface area contributed by atoms with Gasteiger partial charge >= 0.3 is 0 Å². The van der Waals surface area contributed by atoms with Gasteiger partial charge in [0.15, 0.2) is 0 Å². The quantitative estimate of drug-likeness (QED) is 0.611. The molecule has 2 nitrogen and oxygen atoms in total. The van der Waals surface area contributed by atoms with E-state index < -0.39 is 6.04 Å². The SMILES string of the molecule is Cc1ccc(C(NN)c2cc(Br)ccc2F)cc1Br. The number of halogens is 3. The second-order valence-electron chi connectivity index (χ2n) is 4.27. The van der Waals surface area contributed by atoms with Gasteiger partial charge in [-0.15, -0.1) is 0 Å². The van der Waals surface area contributed by atoms with E-state index in [1.807, 2.05) is 25.1 Å². The minimum absolute atomic E-state index is 0.289. The van der Waals surface area contributed by atoms with Crippen LogP contribution in [0.1, 0.15) is 22.7 Å². The Balaban J connectivity index is 2.49. The van der Waals surface area contributed by atoms with E-state index in [4.69, 9.17) is 5.84 Å². The van der Waals surface area contributed by atoms with Crippen LogP contribution in [0.4, 0.5) is 4.39 Å². The highest BCUT2D eigenvalue weighted by Crippen LogP contribution is 2.29. The molecule has 5 heteroatoms. The molecule has 100 valence electrons. The molecule has 0 radical (unpaired) electrons. The van der Waals surface area contributed by atoms with E-state index in [9.17, 15) is 4.39 Å². The third-order valence-electron chi connectivity index (χ3n) is 2.96. The Morgan fingerprint density at radius 3 is 2.53 bits per heavy atom. The summed E-state index contributed by atoms with van der Waals surface area (Å²) in [5.41, 5.74) is 5.19. The van der Waals surface area contributed by atoms with Gasteiger partial charge in [-0.25, -0.2) is 9.82 Å². The van der Waals surface area contributed by atoms with Crippen molar-refractivity contribution in [1.82, 2.24) is 5.43 Å². The second-order valence-corrected chi connectivity index (χ2v) is 6.04. The predicted molar refractivity (Wildman–Crippen MR) is 82.1 cm³/mol. The standard InChI is InChI=1S/C14H13Br2FN2/c1-8-2-3-9(6-12(8)16)14(19-18)11-7-10(15)4-5-13(11)17/h2-7,14,19H,18H2,1H3. The Kier molecular flexibility index (Phi) is 4.73. The van der Waals surface area contributed by atoms with Gasteiger partial charge in [0, 0.05) is 14.5 Å². The molecule has 2 aromatic rings. The zero-order chi connectivity index (χ0) is 14.0. The lowest BCUT2D eigenvalue weighted by molar-refractivity contribution is 0.559. The molecule has 0 aliphatic carbocycles. The normalized spacial score (nSPS) is 12.5. The molecule has 0 heterocycles. The first kappa shape index (κ1) is 14.7. The monoisotopic (exact) mass is 386 g/mol. The van der Waals surface area contributed by atoms with Crippen LogP contribution in [-0.2, 0) is 0 Å². The number of nitrogens with one attached hydrogen (secondary N) is 1. The van der Waals surface area contributed by atoms with Crippen LogP contribution in [0.3, 0.4) is 0 Å². The molecule has 0 aliphatic rings. The molecule has 0 saturated heterocycles. The lowest BCUT2D eigenvalue weighted by atomic mass is 9.98. The molecule has 3 N–H and O–H groups in total. The van der Waals surface area contributed by atoms with E-state index in [1.165, 1.54) is 6.07 Å². The first-order valence-electron chi connectivity index (χ1n) is 5.70. The summed E-state index contributed by atoms with van der Waals surface area (Å²) in [7, 11) is 0. The number of rotatable bonds is 3. The van der Waals surface area contributed by atoms with Crippen molar-refractivity contribution in [3.8, 4) is 0 Å². The lowest BCUT2D eigenvalue weighted by Crippen LogP contribution is -2.29. The number of aryl methyl sites for hydroxylation is 1. The summed E-state index contributed by atoms with van der Waals surface area (Å²) in [6.45, 7) is 2.00. The maximum Gasteiger partial charge on any atom is 0.128 e. The number of benzene rings is 2. The molecular formula is C14H13Br2FN2. The summed E-state index contributed by atoms with van der Waals surface area (Å²) in [5.74, 6) is 5.31. The Morgan fingerprint density at radius 2 is 1.89 bits per heavy atom. The maximum atomic E-state index is 13.9. The Hall–Kier alpha value is -0.750. The van der Waals surface area contributed by atoms with Crippen molar-refractivity contribution in [2.24, 2.45) is 5.84 Å². The minimum Gasteiger partial charge on any atom is -0.271 e. The van der Waals surface area contributed by atoms with Crippen molar-refractivity contribution in [1.29, 1.82) is 0 Å². The Morgan fingerprint density at radius 1 is 1.16 bits per heavy atom. The summed E-state index contributed by atoms with van der Waals surface area (Å²) in [4.78, 5) is 0. The topological polar surface area (TPSA) is 38.0 Å². The number of hydrazine groups is 1. The van der Waals surface area contributed by atoms with Gasteiger partial charge in [0.25, 0.3) is 0 Å². The van der Waals surface area contributed by atoms with Gasteiger partial charge in [-0.05, 0) is 42.3 Å². The van der Waals surface area contributed by atoms with E-state index in [0.29, 0.717) is 5.56 Å². The molecule has 2 rings (SSSR count). The van der Waals surface area contributed by atoms with Crippen LogP contribution in [0.15, 0.2) is 45.3 Å². The summed E-state index contributed by atoms with van der Waals surface area (Å²) < 4.78 is 15.7. The largest absolute Gasteiger partial charge is 0.271 e. The fraction of sp³-hybridized carbons (Fsp3) is 0.143. The van der Waals surface area contributed by atoms with Crippen molar-refractivity contribution >= 4 is 31.9 Å². The van der Waals surface area contributed by atoms with Crippen LogP contribution in [0, 0.1) is 12.7 Å². The molecule has 0 bridgehead atoms. The van der Waals surface area contributed by atoms with E-state index >= 15 is 0 Å². The molecule has 0 fully saturated rings. The summed E-state index contributed by atoms with van der Waals surface area (Å²) in [6.07, 6.45) is 0. The lowest BCUT2D eigenvalue weighted by Gasteiger charge is -2.18. The van der Waals surface area contributed by atoms with Crippen molar-refractivity contribution in [2.75, 3.05) is 0 Å². The average Bonchev–Trinajstić information content (AvgIpc) is 2.38. The van der Waals surface area contributed by atoms with E-state index in [-0.39, 0.29) is 5.82 Å². The van der Waals surface area contributed by atoms with Crippen LogP contribution in [-0.4, -0.2) is 0 Å². The summed E-state index contributed by atoms with van der Waals surface area (Å²) in [6, 6.07) is 10.3. The van der Waals surface area contributed by atoms with Crippen LogP contribution in [0.25, 0.3) is 0 Å². The zero-order valence-electron chi connectivity index (χ0n) is 10.3. The molecule has 0 aromatic heterocycles. The Labute approximate surface area is 128 Å². The van der Waals surface area contributed by atoms with Crippen molar-refractivity contribution in [3.05, 3.63) is 67.9 Å². The fourth-order valence-electron chi connectivity index (χ4n) is 1.89. The van der Waals surface area contributed by atoms with Crippen molar-refractivity contribution in [3.63, 3.8) is 0 Å². The van der Waals surface area contributed by atoms with Gasteiger partial charge in [-0.1, -0.05) is 44.0 Å². The second kappa shape index (κ2) is 6.13. The molecule has 1 unspecified atom stereocenters. The van der Waals surface area contributed by atoms with Crippen LogP contribution in [0.2, 0.25) is 0 Å². The highest BCUT2D eigenvalue weighted by Gasteiger charge is 2.17. The van der Waals surface area contributed by atoms with Crippen LogP contribution in [0.5, 0.6) is 0 Å². The third-order valence-corrected chi connectivity index (χ3v) is 4.31. The molecule has 1 atom stereocenters. The third kappa shape index (κ3) is 3.23. The number of hydrogen-bond acceptors (Lipinski definition) is 2. The van der Waals surface area contributed by atoms with Crippen molar-refractivity contribution in [2.45, 2.75) is 13.0 Å². The molecule has 0 aliphatic heterocycles. The Bertz CT molecular complexity index is 602. The van der Waals surface area contributed by atoms with E-state index in [2.05, 4.69) is 37.3 Å². The molecular weight excluding hydrogens is 375 g/mol. The van der Waals surface area contributed by atoms with Crippen LogP contribution < -0.4 is 11.3 Å². The van der Waals surface area contributed by atoms with Gasteiger partial charge in [0.05, 0.1) is 6.04 Å². The summed E-state index contributed by atoms with van der Waals surface area (Å²) >= 11 is 6.83. The van der Waals surface area contributed by atoms with Crippen molar-refractivity contribution < 1.29 is 4.39 Å². The first-order chi connectivity index (χ1) is 9.02. The van der Waals surface area contributed by atoms with E-state index in [1.54, 1.807) is 12.1 Å². The first-order valence-corrected chi connectivity index (χ1v) is 7.28. The van der Waals surface area contributed by atoms with E-state index in [0.717, 1.165) is 20.1 Å². The zero-order valence-corrected chi connectivity index (χ0v) is 13.4. The van der Waals surface area contributed by atoms with Crippen LogP contribution >= 0.6 is 31.9 Å². The molecule has 0 saturated carbocycles. The number of hydrogen-bond donors (Lipinski definition) is 2. The van der Waals surface area contributed by atoms with Gasteiger partial charge in [-0.3, -0.25) is 5.84 Å². The predicted octanol–water partition coefficient (Wildman–Crippen LogP) is 4.21. The molecule has 19 heavy (non-hydrogen) atoms. The average molecular weight is 388 g/mol. The highest BCUT2D eigenvalue weighted by atomic mass is 79.9. The number of nitrogens with two attached hydrogens (primary N) is 1. The van der Waals surface area contributed by atoms with Gasteiger partial charge in [0.1, 0.15) is 5.82 Å². The van der Waals surface area contributed by atoms with Gasteiger partial charge in [0.2, 0.25) is 0 Å². The molecule has 0 amide bonds. The molecule has 2 aromatic carbocycles. The minimum atomic E-state index is -0.394.